The fraction of sp³-hybridized carbons (Fsp3) is 0.0625. The number of anilines is 1. The fourth-order valence-electron chi connectivity index (χ4n) is 2.20. The standard InChI is InChI=1S/C16H13NS/c18-15-11-10-12-6-4-5-9-14(12)16(15)17-13-7-2-1-3-8-13/h1-11,16-17H. The summed E-state index contributed by atoms with van der Waals surface area (Å²) in [7, 11) is 0. The number of nitrogens with one attached hydrogen (secondary N) is 1. The molecule has 0 heterocycles. The minimum Gasteiger partial charge on any atom is -0.373 e. The lowest BCUT2D eigenvalue weighted by Crippen LogP contribution is -2.21. The van der Waals surface area contributed by atoms with Crippen molar-refractivity contribution in [1.82, 2.24) is 0 Å². The molecule has 0 amide bonds. The largest absolute Gasteiger partial charge is 0.373 e. The van der Waals surface area contributed by atoms with Crippen LogP contribution in [0, 0.1) is 0 Å². The second-order valence-corrected chi connectivity index (χ2v) is 4.78. The van der Waals surface area contributed by atoms with Crippen molar-refractivity contribution in [2.75, 3.05) is 5.32 Å². The van der Waals surface area contributed by atoms with Gasteiger partial charge in [0.2, 0.25) is 0 Å². The van der Waals surface area contributed by atoms with E-state index >= 15 is 0 Å². The van der Waals surface area contributed by atoms with Gasteiger partial charge in [0.25, 0.3) is 0 Å². The summed E-state index contributed by atoms with van der Waals surface area (Å²) >= 11 is 5.45. The molecule has 2 aromatic rings. The van der Waals surface area contributed by atoms with Crippen LogP contribution >= 0.6 is 12.2 Å². The van der Waals surface area contributed by atoms with Crippen LogP contribution < -0.4 is 5.32 Å². The van der Waals surface area contributed by atoms with Crippen LogP contribution in [-0.2, 0) is 0 Å². The fourth-order valence-corrected chi connectivity index (χ4v) is 2.45. The quantitative estimate of drug-likeness (QED) is 0.801. The van der Waals surface area contributed by atoms with Gasteiger partial charge in [0.1, 0.15) is 0 Å². The number of para-hydroxylation sites is 1. The zero-order valence-corrected chi connectivity index (χ0v) is 10.7. The first-order valence-corrected chi connectivity index (χ1v) is 6.38. The molecular weight excluding hydrogens is 238 g/mol. The van der Waals surface area contributed by atoms with Crippen LogP contribution in [0.25, 0.3) is 6.08 Å². The molecule has 3 rings (SSSR count). The van der Waals surface area contributed by atoms with Crippen molar-refractivity contribution in [3.05, 3.63) is 71.8 Å². The lowest BCUT2D eigenvalue weighted by atomic mass is 9.92. The summed E-state index contributed by atoms with van der Waals surface area (Å²) in [5.74, 6) is 0. The van der Waals surface area contributed by atoms with Gasteiger partial charge in [-0.1, -0.05) is 60.8 Å². The molecule has 1 nitrogen and oxygen atoms in total. The Hall–Kier alpha value is -1.93. The van der Waals surface area contributed by atoms with Crippen molar-refractivity contribution in [2.45, 2.75) is 6.04 Å². The van der Waals surface area contributed by atoms with Gasteiger partial charge in [-0.3, -0.25) is 0 Å². The smallest absolute Gasteiger partial charge is 0.0874 e. The summed E-state index contributed by atoms with van der Waals surface area (Å²) in [5.41, 5.74) is 3.57. The molecule has 0 spiro atoms. The first kappa shape index (κ1) is 11.2. The van der Waals surface area contributed by atoms with E-state index in [2.05, 4.69) is 47.8 Å². The first-order valence-electron chi connectivity index (χ1n) is 5.97. The van der Waals surface area contributed by atoms with Crippen molar-refractivity contribution in [3.8, 4) is 0 Å². The van der Waals surface area contributed by atoms with E-state index in [0.29, 0.717) is 0 Å². The minimum absolute atomic E-state index is 0.0867. The predicted molar refractivity (Wildman–Crippen MR) is 80.9 cm³/mol. The SMILES string of the molecule is S=C1C=Cc2ccccc2C1Nc1ccccc1. The zero-order valence-electron chi connectivity index (χ0n) is 9.84. The molecule has 0 saturated carbocycles. The van der Waals surface area contributed by atoms with Gasteiger partial charge in [0.05, 0.1) is 6.04 Å². The van der Waals surface area contributed by atoms with Gasteiger partial charge >= 0.3 is 0 Å². The third-order valence-corrected chi connectivity index (χ3v) is 3.48. The third kappa shape index (κ3) is 2.07. The highest BCUT2D eigenvalue weighted by molar-refractivity contribution is 7.80. The topological polar surface area (TPSA) is 12.0 Å². The van der Waals surface area contributed by atoms with E-state index in [1.807, 2.05) is 24.3 Å². The van der Waals surface area contributed by atoms with Gasteiger partial charge < -0.3 is 5.32 Å². The minimum atomic E-state index is 0.0867. The Kier molecular flexibility index (Phi) is 2.95. The van der Waals surface area contributed by atoms with E-state index in [1.165, 1.54) is 11.1 Å². The molecule has 1 aliphatic rings. The molecule has 18 heavy (non-hydrogen) atoms. The Labute approximate surface area is 112 Å². The summed E-state index contributed by atoms with van der Waals surface area (Å²) in [5, 5.41) is 3.49. The lowest BCUT2D eigenvalue weighted by molar-refractivity contribution is 1.05. The van der Waals surface area contributed by atoms with E-state index in [0.717, 1.165) is 10.6 Å². The number of thiocarbonyl (C=S) groups is 1. The predicted octanol–water partition coefficient (Wildman–Crippen LogP) is 4.24. The van der Waals surface area contributed by atoms with Gasteiger partial charge in [0, 0.05) is 10.6 Å². The Morgan fingerprint density at radius 2 is 1.56 bits per heavy atom. The van der Waals surface area contributed by atoms with Crippen LogP contribution in [0.2, 0.25) is 0 Å². The van der Waals surface area contributed by atoms with Gasteiger partial charge in [-0.25, -0.2) is 0 Å². The average Bonchev–Trinajstić information content (AvgIpc) is 2.43. The molecule has 2 aromatic carbocycles. The number of rotatable bonds is 2. The molecule has 0 bridgehead atoms. The van der Waals surface area contributed by atoms with Gasteiger partial charge in [-0.15, -0.1) is 0 Å². The number of hydrogen-bond donors (Lipinski definition) is 1. The van der Waals surface area contributed by atoms with Crippen LogP contribution in [-0.4, -0.2) is 4.86 Å². The van der Waals surface area contributed by atoms with Crippen LogP contribution in [0.3, 0.4) is 0 Å². The Bertz CT molecular complexity index is 602. The molecule has 2 heteroatoms. The highest BCUT2D eigenvalue weighted by Crippen LogP contribution is 2.29. The maximum absolute atomic E-state index is 5.45. The van der Waals surface area contributed by atoms with Gasteiger partial charge in [-0.2, -0.15) is 0 Å². The molecule has 0 aliphatic heterocycles. The van der Waals surface area contributed by atoms with E-state index in [1.54, 1.807) is 0 Å². The Morgan fingerprint density at radius 3 is 2.39 bits per heavy atom. The van der Waals surface area contributed by atoms with Crippen molar-refractivity contribution in [1.29, 1.82) is 0 Å². The zero-order chi connectivity index (χ0) is 12.4. The van der Waals surface area contributed by atoms with E-state index < -0.39 is 0 Å². The van der Waals surface area contributed by atoms with E-state index in [9.17, 15) is 0 Å². The van der Waals surface area contributed by atoms with Crippen molar-refractivity contribution in [2.24, 2.45) is 0 Å². The second kappa shape index (κ2) is 4.75. The first-order chi connectivity index (χ1) is 8.84. The maximum Gasteiger partial charge on any atom is 0.0874 e. The second-order valence-electron chi connectivity index (χ2n) is 4.31. The van der Waals surface area contributed by atoms with E-state index in [-0.39, 0.29) is 6.04 Å². The van der Waals surface area contributed by atoms with Crippen molar-refractivity contribution < 1.29 is 0 Å². The van der Waals surface area contributed by atoms with Gasteiger partial charge in [0.15, 0.2) is 0 Å². The van der Waals surface area contributed by atoms with E-state index in [4.69, 9.17) is 12.2 Å². The molecular formula is C16H13NS. The summed E-state index contributed by atoms with van der Waals surface area (Å²) < 4.78 is 0. The highest BCUT2D eigenvalue weighted by Gasteiger charge is 2.20. The van der Waals surface area contributed by atoms with Gasteiger partial charge in [-0.05, 0) is 29.3 Å². The summed E-state index contributed by atoms with van der Waals surface area (Å²) in [6, 6.07) is 18.6. The molecule has 1 aliphatic carbocycles. The molecule has 1 unspecified atom stereocenters. The van der Waals surface area contributed by atoms with Crippen LogP contribution in [0.15, 0.2) is 60.7 Å². The summed E-state index contributed by atoms with van der Waals surface area (Å²) in [6.45, 7) is 0. The Morgan fingerprint density at radius 1 is 0.833 bits per heavy atom. The molecule has 0 saturated heterocycles. The highest BCUT2D eigenvalue weighted by atomic mass is 32.1. The summed E-state index contributed by atoms with van der Waals surface area (Å²) in [6.07, 6.45) is 4.10. The Balaban J connectivity index is 1.96. The normalized spacial score (nSPS) is 17.3. The molecule has 1 atom stereocenters. The monoisotopic (exact) mass is 251 g/mol. The lowest BCUT2D eigenvalue weighted by Gasteiger charge is -2.24. The molecule has 1 N–H and O–H groups in total. The van der Waals surface area contributed by atoms with Crippen LogP contribution in [0.4, 0.5) is 5.69 Å². The molecule has 0 fully saturated rings. The molecule has 88 valence electrons. The van der Waals surface area contributed by atoms with Crippen LogP contribution in [0.1, 0.15) is 17.2 Å². The number of hydrogen-bond acceptors (Lipinski definition) is 2. The number of benzene rings is 2. The molecule has 0 radical (unpaired) electrons. The van der Waals surface area contributed by atoms with Crippen LogP contribution in [0.5, 0.6) is 0 Å². The third-order valence-electron chi connectivity index (χ3n) is 3.10. The maximum atomic E-state index is 5.45. The van der Waals surface area contributed by atoms with Crippen molar-refractivity contribution in [3.63, 3.8) is 0 Å². The average molecular weight is 251 g/mol. The van der Waals surface area contributed by atoms with Crippen molar-refractivity contribution >= 4 is 28.8 Å². The molecule has 0 aromatic heterocycles. The number of fused-ring (bicyclic) bond motifs is 1. The summed E-state index contributed by atoms with van der Waals surface area (Å²) in [4.78, 5) is 0.928.